The first-order valence-corrected chi connectivity index (χ1v) is 8.91. The molecule has 1 saturated heterocycles. The quantitative estimate of drug-likeness (QED) is 0.914. The van der Waals surface area contributed by atoms with Crippen molar-refractivity contribution in [1.82, 2.24) is 9.97 Å². The summed E-state index contributed by atoms with van der Waals surface area (Å²) in [5, 5.41) is 3.12. The van der Waals surface area contributed by atoms with Crippen molar-refractivity contribution >= 4 is 17.5 Å². The van der Waals surface area contributed by atoms with E-state index in [4.69, 9.17) is 4.74 Å². The highest BCUT2D eigenvalue weighted by Crippen LogP contribution is 2.36. The molecule has 0 radical (unpaired) electrons. The van der Waals surface area contributed by atoms with Crippen LogP contribution in [0.4, 0.5) is 11.6 Å². The van der Waals surface area contributed by atoms with Gasteiger partial charge in [0.15, 0.2) is 0 Å². The molecule has 0 unspecified atom stereocenters. The largest absolute Gasteiger partial charge is 0.381 e. The molecule has 1 aliphatic heterocycles. The van der Waals surface area contributed by atoms with Crippen LogP contribution in [0.25, 0.3) is 0 Å². The highest BCUT2D eigenvalue weighted by Gasteiger charge is 2.42. The highest BCUT2D eigenvalue weighted by molar-refractivity contribution is 6.00. The SMILES string of the molecule is Cc1nc(N(C)C)nc(C)c1NC(=O)C1(c2ccccc2)CCOCC1. The topological polar surface area (TPSA) is 67.4 Å². The van der Waals surface area contributed by atoms with Crippen LogP contribution in [0.5, 0.6) is 0 Å². The number of hydrogen-bond donors (Lipinski definition) is 1. The summed E-state index contributed by atoms with van der Waals surface area (Å²) in [4.78, 5) is 24.2. The van der Waals surface area contributed by atoms with Crippen molar-refractivity contribution in [3.05, 3.63) is 47.3 Å². The molecule has 0 saturated carbocycles. The van der Waals surface area contributed by atoms with E-state index in [9.17, 15) is 4.79 Å². The van der Waals surface area contributed by atoms with Crippen molar-refractivity contribution in [2.75, 3.05) is 37.5 Å². The number of carbonyl (C=O) groups excluding carboxylic acids is 1. The third kappa shape index (κ3) is 3.42. The molecule has 6 nitrogen and oxygen atoms in total. The fraction of sp³-hybridized carbons (Fsp3) is 0.450. The number of anilines is 2. The zero-order valence-electron chi connectivity index (χ0n) is 15.9. The lowest BCUT2D eigenvalue weighted by atomic mass is 9.73. The van der Waals surface area contributed by atoms with E-state index in [1.165, 1.54) is 0 Å². The molecular formula is C20H26N4O2. The Bertz CT molecular complexity index is 761. The van der Waals surface area contributed by atoms with Crippen LogP contribution in [0.2, 0.25) is 0 Å². The zero-order chi connectivity index (χ0) is 18.7. The molecule has 2 heterocycles. The summed E-state index contributed by atoms with van der Waals surface area (Å²) in [5.41, 5.74) is 2.68. The van der Waals surface area contributed by atoms with Gasteiger partial charge in [0.2, 0.25) is 11.9 Å². The van der Waals surface area contributed by atoms with Crippen LogP contribution in [0.15, 0.2) is 30.3 Å². The number of ether oxygens (including phenoxy) is 1. The molecule has 138 valence electrons. The van der Waals surface area contributed by atoms with Gasteiger partial charge < -0.3 is 15.0 Å². The molecule has 1 aromatic heterocycles. The maximum absolute atomic E-state index is 13.4. The van der Waals surface area contributed by atoms with Gasteiger partial charge in [-0.2, -0.15) is 0 Å². The molecule has 2 aromatic rings. The van der Waals surface area contributed by atoms with Crippen molar-refractivity contribution in [2.45, 2.75) is 32.1 Å². The van der Waals surface area contributed by atoms with E-state index in [1.807, 2.05) is 63.2 Å². The number of nitrogens with one attached hydrogen (secondary N) is 1. The van der Waals surface area contributed by atoms with Crippen molar-refractivity contribution < 1.29 is 9.53 Å². The summed E-state index contributed by atoms with van der Waals surface area (Å²) in [6.07, 6.45) is 1.33. The second-order valence-corrected chi connectivity index (χ2v) is 6.98. The monoisotopic (exact) mass is 354 g/mol. The Labute approximate surface area is 154 Å². The van der Waals surface area contributed by atoms with Crippen molar-refractivity contribution in [3.63, 3.8) is 0 Å². The summed E-state index contributed by atoms with van der Waals surface area (Å²) in [5.74, 6) is 0.626. The van der Waals surface area contributed by atoms with E-state index < -0.39 is 5.41 Å². The fourth-order valence-electron chi connectivity index (χ4n) is 3.44. The van der Waals surface area contributed by atoms with E-state index in [-0.39, 0.29) is 5.91 Å². The third-order valence-corrected chi connectivity index (χ3v) is 5.00. The van der Waals surface area contributed by atoms with Crippen LogP contribution in [-0.4, -0.2) is 43.2 Å². The van der Waals surface area contributed by atoms with Gasteiger partial charge in [-0.15, -0.1) is 0 Å². The van der Waals surface area contributed by atoms with Crippen LogP contribution in [0.3, 0.4) is 0 Å². The first kappa shape index (κ1) is 18.3. The molecule has 0 spiro atoms. The summed E-state index contributed by atoms with van der Waals surface area (Å²) in [6.45, 7) is 4.96. The smallest absolute Gasteiger partial charge is 0.235 e. The van der Waals surface area contributed by atoms with E-state index in [2.05, 4.69) is 15.3 Å². The van der Waals surface area contributed by atoms with Gasteiger partial charge in [0.25, 0.3) is 0 Å². The van der Waals surface area contributed by atoms with E-state index in [0.29, 0.717) is 37.7 Å². The van der Waals surface area contributed by atoms with Crippen LogP contribution in [-0.2, 0) is 14.9 Å². The van der Waals surface area contributed by atoms with E-state index in [1.54, 1.807) is 0 Å². The van der Waals surface area contributed by atoms with E-state index >= 15 is 0 Å². The molecule has 1 fully saturated rings. The Balaban J connectivity index is 1.95. The lowest BCUT2D eigenvalue weighted by molar-refractivity contribution is -0.125. The van der Waals surface area contributed by atoms with Crippen molar-refractivity contribution in [2.24, 2.45) is 0 Å². The molecule has 1 amide bonds. The Hall–Kier alpha value is -2.47. The number of benzene rings is 1. The maximum atomic E-state index is 13.4. The Kier molecular flexibility index (Phi) is 5.23. The molecule has 6 heteroatoms. The molecule has 0 atom stereocenters. The zero-order valence-corrected chi connectivity index (χ0v) is 15.9. The maximum Gasteiger partial charge on any atom is 0.235 e. The minimum atomic E-state index is -0.585. The second-order valence-electron chi connectivity index (χ2n) is 6.98. The lowest BCUT2D eigenvalue weighted by Gasteiger charge is -2.36. The first-order chi connectivity index (χ1) is 12.4. The summed E-state index contributed by atoms with van der Waals surface area (Å²) < 4.78 is 5.53. The number of carbonyl (C=O) groups is 1. The van der Waals surface area contributed by atoms with Gasteiger partial charge in [-0.05, 0) is 32.3 Å². The van der Waals surface area contributed by atoms with Crippen LogP contribution >= 0.6 is 0 Å². The lowest BCUT2D eigenvalue weighted by Crippen LogP contribution is -2.45. The van der Waals surface area contributed by atoms with Crippen molar-refractivity contribution in [3.8, 4) is 0 Å². The second kappa shape index (κ2) is 7.41. The predicted molar refractivity (Wildman–Crippen MR) is 103 cm³/mol. The van der Waals surface area contributed by atoms with Gasteiger partial charge in [0.05, 0.1) is 22.5 Å². The Morgan fingerprint density at radius 2 is 1.65 bits per heavy atom. The summed E-state index contributed by atoms with van der Waals surface area (Å²) in [7, 11) is 3.80. The van der Waals surface area contributed by atoms with Gasteiger partial charge in [-0.1, -0.05) is 30.3 Å². The average molecular weight is 354 g/mol. The highest BCUT2D eigenvalue weighted by atomic mass is 16.5. The fourth-order valence-corrected chi connectivity index (χ4v) is 3.44. The molecular weight excluding hydrogens is 328 g/mol. The number of aromatic nitrogens is 2. The number of hydrogen-bond acceptors (Lipinski definition) is 5. The summed E-state index contributed by atoms with van der Waals surface area (Å²) in [6, 6.07) is 9.97. The molecule has 1 aromatic carbocycles. The molecule has 1 aliphatic rings. The third-order valence-electron chi connectivity index (χ3n) is 5.00. The predicted octanol–water partition coefficient (Wildman–Crippen LogP) is 2.85. The molecule has 0 bridgehead atoms. The number of rotatable bonds is 4. The minimum Gasteiger partial charge on any atom is -0.381 e. The standard InChI is InChI=1S/C20H26N4O2/c1-14-17(15(2)22-19(21-14)24(3)4)23-18(25)20(10-12-26-13-11-20)16-8-6-5-7-9-16/h5-9H,10-13H2,1-4H3,(H,23,25). The molecule has 0 aliphatic carbocycles. The summed E-state index contributed by atoms with van der Waals surface area (Å²) >= 11 is 0. The van der Waals surface area contributed by atoms with Gasteiger partial charge in [-0.25, -0.2) is 9.97 Å². The van der Waals surface area contributed by atoms with Crippen LogP contribution in [0.1, 0.15) is 29.8 Å². The number of nitrogens with zero attached hydrogens (tertiary/aromatic N) is 3. The van der Waals surface area contributed by atoms with Gasteiger partial charge in [0, 0.05) is 27.3 Å². The first-order valence-electron chi connectivity index (χ1n) is 8.91. The average Bonchev–Trinajstić information content (AvgIpc) is 2.65. The molecule has 3 rings (SSSR count). The van der Waals surface area contributed by atoms with Crippen molar-refractivity contribution in [1.29, 1.82) is 0 Å². The van der Waals surface area contributed by atoms with Gasteiger partial charge in [0.1, 0.15) is 0 Å². The normalized spacial score (nSPS) is 16.2. The number of aryl methyl sites for hydroxylation is 2. The van der Waals surface area contributed by atoms with Crippen LogP contribution < -0.4 is 10.2 Å². The van der Waals surface area contributed by atoms with Crippen LogP contribution in [0, 0.1) is 13.8 Å². The Morgan fingerprint density at radius 1 is 1.08 bits per heavy atom. The molecule has 26 heavy (non-hydrogen) atoms. The Morgan fingerprint density at radius 3 is 2.19 bits per heavy atom. The van der Waals surface area contributed by atoms with E-state index in [0.717, 1.165) is 17.0 Å². The van der Waals surface area contributed by atoms with Gasteiger partial charge in [-0.3, -0.25) is 4.79 Å². The minimum absolute atomic E-state index is 0.0144. The number of amides is 1. The van der Waals surface area contributed by atoms with Gasteiger partial charge >= 0.3 is 0 Å². The molecule has 1 N–H and O–H groups in total.